The number of fused-ring (bicyclic) bond motifs is 1. The molecule has 0 saturated carbocycles. The van der Waals surface area contributed by atoms with Gasteiger partial charge in [0.15, 0.2) is 11.5 Å². The van der Waals surface area contributed by atoms with E-state index in [1.165, 1.54) is 6.20 Å². The summed E-state index contributed by atoms with van der Waals surface area (Å²) in [5.41, 5.74) is 3.97. The number of hydrogen-bond donors (Lipinski definition) is 6. The van der Waals surface area contributed by atoms with Gasteiger partial charge in [0, 0.05) is 54.8 Å². The van der Waals surface area contributed by atoms with E-state index in [0.29, 0.717) is 71.6 Å². The molecular formula is C38H40N6O8. The molecule has 14 heteroatoms. The van der Waals surface area contributed by atoms with Crippen molar-refractivity contribution in [1.82, 2.24) is 20.9 Å². The number of aliphatic hydroxyl groups excluding tert-OH is 3. The summed E-state index contributed by atoms with van der Waals surface area (Å²) in [7, 11) is 0. The summed E-state index contributed by atoms with van der Waals surface area (Å²) in [6.07, 6.45) is 3.10. The quantitative estimate of drug-likeness (QED) is 0.0929. The van der Waals surface area contributed by atoms with E-state index >= 15 is 0 Å². The average molecular weight is 709 g/mol. The number of aromatic nitrogens is 1. The molecular weight excluding hydrogens is 668 g/mol. The molecule has 2 heterocycles. The zero-order valence-corrected chi connectivity index (χ0v) is 28.6. The summed E-state index contributed by atoms with van der Waals surface area (Å²) < 4.78 is 23.9. The second kappa shape index (κ2) is 17.8. The van der Waals surface area contributed by atoms with Crippen LogP contribution in [0.1, 0.15) is 33.4 Å². The maximum absolute atomic E-state index is 12.2. The summed E-state index contributed by atoms with van der Waals surface area (Å²) in [5, 5.41) is 56.1. The van der Waals surface area contributed by atoms with Crippen LogP contribution < -0.4 is 34.9 Å². The predicted octanol–water partition coefficient (Wildman–Crippen LogP) is 2.83. The molecule has 270 valence electrons. The van der Waals surface area contributed by atoms with Crippen molar-refractivity contribution in [1.29, 1.82) is 10.5 Å². The van der Waals surface area contributed by atoms with Gasteiger partial charge in [-0.05, 0) is 47.9 Å². The number of rotatable bonds is 16. The van der Waals surface area contributed by atoms with Gasteiger partial charge < -0.3 is 50.2 Å². The maximum atomic E-state index is 12.2. The largest absolute Gasteiger partial charge is 0.488 e. The highest BCUT2D eigenvalue weighted by Gasteiger charge is 2.29. The Morgan fingerprint density at radius 2 is 1.65 bits per heavy atom. The summed E-state index contributed by atoms with van der Waals surface area (Å²) in [5.74, 6) is 2.37. The van der Waals surface area contributed by atoms with E-state index in [1.54, 1.807) is 18.3 Å². The fourth-order valence-electron chi connectivity index (χ4n) is 5.45. The molecule has 6 N–H and O–H groups in total. The van der Waals surface area contributed by atoms with Crippen molar-refractivity contribution >= 4 is 6.03 Å². The Hall–Kier alpha value is -5.90. The Kier molecular flexibility index (Phi) is 12.8. The highest BCUT2D eigenvalue weighted by molar-refractivity contribution is 5.75. The van der Waals surface area contributed by atoms with E-state index in [-0.39, 0.29) is 19.8 Å². The van der Waals surface area contributed by atoms with Gasteiger partial charge in [-0.15, -0.1) is 0 Å². The van der Waals surface area contributed by atoms with Crippen LogP contribution in [0, 0.1) is 29.6 Å². The molecule has 0 fully saturated rings. The molecule has 0 spiro atoms. The van der Waals surface area contributed by atoms with Crippen LogP contribution in [0.2, 0.25) is 0 Å². The lowest BCUT2D eigenvalue weighted by atomic mass is 9.96. The zero-order valence-electron chi connectivity index (χ0n) is 28.6. The number of hydrogen-bond acceptors (Lipinski definition) is 12. The summed E-state index contributed by atoms with van der Waals surface area (Å²) in [6, 6.07) is 20.4. The van der Waals surface area contributed by atoms with E-state index in [2.05, 4.69) is 33.1 Å². The predicted molar refractivity (Wildman–Crippen MR) is 189 cm³/mol. The van der Waals surface area contributed by atoms with Gasteiger partial charge in [0.2, 0.25) is 0 Å². The van der Waals surface area contributed by atoms with Crippen molar-refractivity contribution in [3.63, 3.8) is 0 Å². The second-order valence-electron chi connectivity index (χ2n) is 12.1. The lowest BCUT2D eigenvalue weighted by Crippen LogP contribution is -2.59. The third-order valence-electron chi connectivity index (χ3n) is 8.36. The number of carbonyl (C=O) groups excluding carboxylic acids is 1. The molecule has 0 atom stereocenters. The molecule has 2 amide bonds. The molecule has 4 aromatic rings. The molecule has 0 radical (unpaired) electrons. The van der Waals surface area contributed by atoms with Gasteiger partial charge in [0.05, 0.1) is 30.9 Å². The molecule has 52 heavy (non-hydrogen) atoms. The van der Waals surface area contributed by atoms with Gasteiger partial charge in [-0.25, -0.2) is 4.79 Å². The molecule has 14 nitrogen and oxygen atoms in total. The lowest BCUT2D eigenvalue weighted by Gasteiger charge is -2.28. The number of aryl methyl sites for hydroxylation is 1. The Morgan fingerprint density at radius 1 is 0.885 bits per heavy atom. The van der Waals surface area contributed by atoms with Crippen molar-refractivity contribution in [3.8, 4) is 46.3 Å². The van der Waals surface area contributed by atoms with Crippen molar-refractivity contribution in [2.75, 3.05) is 46.1 Å². The number of ether oxygens (including phenoxy) is 4. The standard InChI is InChI=1S/C38H40N6O8/c1-25-11-30(19-41-7-8-43-37(48)44-38(22-45,23-46)24-47)35(51-20-27-12-26(15-39)17-42-18-27)14-34(25)52-21-29-3-2-4-31(32(29)16-40)28-5-6-33-36(13-28)50-10-9-49-33/h2-6,11-14,17-18,41,45-47H,7-10,19-24H2,1H3,(H2,43,44,48). The monoisotopic (exact) mass is 708 g/mol. The fraction of sp³-hybridized carbons (Fsp3) is 0.316. The maximum Gasteiger partial charge on any atom is 0.315 e. The second-order valence-corrected chi connectivity index (χ2v) is 12.1. The smallest absolute Gasteiger partial charge is 0.315 e. The summed E-state index contributed by atoms with van der Waals surface area (Å²) >= 11 is 0. The number of nitriles is 2. The SMILES string of the molecule is Cc1cc(CNCCNC(=O)NC(CO)(CO)CO)c(OCc2cncc(C#N)c2)cc1OCc1cccc(-c2ccc3c(c2)OCCO3)c1C#N. The first kappa shape index (κ1) is 37.4. The van der Waals surface area contributed by atoms with Gasteiger partial charge >= 0.3 is 6.03 Å². The van der Waals surface area contributed by atoms with Crippen molar-refractivity contribution in [3.05, 3.63) is 100 Å². The molecule has 1 aromatic heterocycles. The number of urea groups is 1. The third kappa shape index (κ3) is 9.25. The fourth-order valence-corrected chi connectivity index (χ4v) is 5.45. The van der Waals surface area contributed by atoms with Crippen LogP contribution in [0.25, 0.3) is 11.1 Å². The molecule has 0 aliphatic carbocycles. The molecule has 1 aliphatic heterocycles. The number of carbonyl (C=O) groups is 1. The first-order chi connectivity index (χ1) is 25.3. The van der Waals surface area contributed by atoms with Crippen LogP contribution in [-0.2, 0) is 19.8 Å². The van der Waals surface area contributed by atoms with E-state index < -0.39 is 31.4 Å². The number of nitrogens with one attached hydrogen (secondary N) is 3. The van der Waals surface area contributed by atoms with Gasteiger partial charge in [0.25, 0.3) is 0 Å². The van der Waals surface area contributed by atoms with Crippen LogP contribution in [0.15, 0.2) is 67.0 Å². The summed E-state index contributed by atoms with van der Waals surface area (Å²) in [6.45, 7) is 2.15. The lowest BCUT2D eigenvalue weighted by molar-refractivity contribution is 0.0493. The highest BCUT2D eigenvalue weighted by Crippen LogP contribution is 2.37. The normalized spacial score (nSPS) is 12.0. The molecule has 0 saturated heterocycles. The first-order valence-corrected chi connectivity index (χ1v) is 16.6. The Morgan fingerprint density at radius 3 is 2.40 bits per heavy atom. The Labute approximate surface area is 301 Å². The Balaban J connectivity index is 1.30. The Bertz CT molecular complexity index is 1940. The minimum atomic E-state index is -1.53. The zero-order chi connectivity index (χ0) is 36.9. The van der Waals surface area contributed by atoms with Gasteiger partial charge in [-0.2, -0.15) is 10.5 Å². The number of nitrogens with zero attached hydrogens (tertiary/aromatic N) is 3. The number of amides is 2. The third-order valence-corrected chi connectivity index (χ3v) is 8.36. The highest BCUT2D eigenvalue weighted by atomic mass is 16.6. The molecule has 0 bridgehead atoms. The van der Waals surface area contributed by atoms with Crippen LogP contribution in [0.3, 0.4) is 0 Å². The van der Waals surface area contributed by atoms with E-state index in [0.717, 1.165) is 22.3 Å². The topological polar surface area (TPSA) is 211 Å². The van der Waals surface area contributed by atoms with Crippen LogP contribution >= 0.6 is 0 Å². The number of benzene rings is 3. The molecule has 3 aromatic carbocycles. The minimum absolute atomic E-state index is 0.116. The van der Waals surface area contributed by atoms with Crippen LogP contribution in [-0.4, -0.2) is 78.0 Å². The van der Waals surface area contributed by atoms with Crippen molar-refractivity contribution < 1.29 is 39.1 Å². The van der Waals surface area contributed by atoms with Crippen molar-refractivity contribution in [2.24, 2.45) is 0 Å². The molecule has 1 aliphatic rings. The molecule has 5 rings (SSSR count). The van der Waals surface area contributed by atoms with E-state index in [4.69, 9.17) is 18.9 Å². The number of aliphatic hydroxyl groups is 3. The van der Waals surface area contributed by atoms with Crippen molar-refractivity contribution in [2.45, 2.75) is 32.2 Å². The van der Waals surface area contributed by atoms with E-state index in [9.17, 15) is 30.6 Å². The summed E-state index contributed by atoms with van der Waals surface area (Å²) in [4.78, 5) is 16.4. The van der Waals surface area contributed by atoms with Gasteiger partial charge in [0.1, 0.15) is 55.6 Å². The van der Waals surface area contributed by atoms with Crippen LogP contribution in [0.5, 0.6) is 23.0 Å². The van der Waals surface area contributed by atoms with Crippen LogP contribution in [0.4, 0.5) is 4.79 Å². The first-order valence-electron chi connectivity index (χ1n) is 16.6. The average Bonchev–Trinajstić information content (AvgIpc) is 3.18. The molecule has 0 unspecified atom stereocenters. The number of pyridine rings is 1. The van der Waals surface area contributed by atoms with Gasteiger partial charge in [-0.1, -0.05) is 24.3 Å². The minimum Gasteiger partial charge on any atom is -0.488 e. The van der Waals surface area contributed by atoms with Gasteiger partial charge in [-0.3, -0.25) is 4.98 Å². The van der Waals surface area contributed by atoms with E-state index in [1.807, 2.05) is 49.4 Å².